The Bertz CT molecular complexity index is 2530. The second-order valence-electron chi connectivity index (χ2n) is 12.9. The molecule has 0 spiro atoms. The Kier molecular flexibility index (Phi) is 8.56. The monoisotopic (exact) mass is 865 g/mol. The molecule has 0 unspecified atom stereocenters. The minimum atomic E-state index is -2.26. The van der Waals surface area contributed by atoms with Gasteiger partial charge in [0.05, 0.1) is 8.07 Å². The Labute approximate surface area is 322 Å². The van der Waals surface area contributed by atoms with Crippen LogP contribution in [0.1, 0.15) is 19.4 Å². The van der Waals surface area contributed by atoms with Crippen LogP contribution in [0.5, 0.6) is 0 Å². The van der Waals surface area contributed by atoms with E-state index in [1.807, 2.05) is 66.9 Å². The Hall–Kier alpha value is -4.51. The van der Waals surface area contributed by atoms with Gasteiger partial charge in [-0.2, -0.15) is 11.3 Å². The van der Waals surface area contributed by atoms with E-state index in [4.69, 9.17) is 13.2 Å². The molecule has 0 aliphatic carbocycles. The molecule has 1 radical (unpaired) electrons. The van der Waals surface area contributed by atoms with E-state index < -0.39 is 21.8 Å². The molecule has 0 saturated carbocycles. The SMILES string of the molecule is [2H]C([2H])([2H])c1c[c-]c(-c2ccc([Si](C)(C)C)cn2)cc1.[2H]C([2H])([2H])c1cc(-c2[c-]ccc3c2sc2cc(-c4ccccc4)ccc23)ncc1-c1ccccc1.[Ir]. The maximum absolute atomic E-state index is 8.18. The quantitative estimate of drug-likeness (QED) is 0.127. The van der Waals surface area contributed by atoms with Crippen LogP contribution in [0, 0.1) is 25.8 Å². The third-order valence-electron chi connectivity index (χ3n) is 8.50. The normalized spacial score (nSPS) is 13.4. The second-order valence-corrected chi connectivity index (χ2v) is 19.1. The van der Waals surface area contributed by atoms with Crippen LogP contribution < -0.4 is 5.19 Å². The number of rotatable bonds is 5. The summed E-state index contributed by atoms with van der Waals surface area (Å²) in [6, 6.07) is 47.5. The molecule has 249 valence electrons. The molecule has 8 rings (SSSR count). The van der Waals surface area contributed by atoms with Gasteiger partial charge < -0.3 is 9.97 Å². The van der Waals surface area contributed by atoms with Crippen molar-refractivity contribution in [1.82, 2.24) is 9.97 Å². The van der Waals surface area contributed by atoms with Crippen molar-refractivity contribution >= 4 is 44.8 Å². The number of aromatic nitrogens is 2. The van der Waals surface area contributed by atoms with Gasteiger partial charge in [0.15, 0.2) is 0 Å². The zero-order chi connectivity index (χ0) is 39.0. The molecule has 2 nitrogen and oxygen atoms in total. The van der Waals surface area contributed by atoms with Gasteiger partial charge in [0, 0.05) is 51.0 Å². The molecule has 3 aromatic heterocycles. The number of aryl methyl sites for hydroxylation is 2. The van der Waals surface area contributed by atoms with Crippen LogP contribution in [-0.2, 0) is 20.1 Å². The van der Waals surface area contributed by atoms with E-state index in [1.54, 1.807) is 35.7 Å². The third-order valence-corrected chi connectivity index (χ3v) is 11.7. The van der Waals surface area contributed by atoms with Crippen molar-refractivity contribution in [2.75, 3.05) is 0 Å². The van der Waals surface area contributed by atoms with Crippen LogP contribution in [0.4, 0.5) is 0 Å². The Balaban J connectivity index is 0.000000217. The fraction of sp³-hybridized carbons (Fsp3) is 0.111. The Morgan fingerprint density at radius 2 is 1.42 bits per heavy atom. The first kappa shape index (κ1) is 28.2. The molecule has 50 heavy (non-hydrogen) atoms. The molecular formula is C45H38IrN2SSi-2. The van der Waals surface area contributed by atoms with Gasteiger partial charge in [0.2, 0.25) is 0 Å². The molecule has 0 amide bonds. The first-order valence-corrected chi connectivity index (χ1v) is 20.5. The van der Waals surface area contributed by atoms with Crippen LogP contribution in [0.2, 0.25) is 19.6 Å². The number of benzene rings is 5. The smallest absolute Gasteiger partial charge is 0.0795 e. The van der Waals surface area contributed by atoms with E-state index in [1.165, 1.54) is 32.5 Å². The minimum Gasteiger partial charge on any atom is -0.305 e. The molecular weight excluding hydrogens is 821 g/mol. The molecule has 0 fully saturated rings. The third kappa shape index (κ3) is 7.62. The summed E-state index contributed by atoms with van der Waals surface area (Å²) in [7, 11) is -1.34. The number of hydrogen-bond donors (Lipinski definition) is 0. The van der Waals surface area contributed by atoms with E-state index in [0.717, 1.165) is 32.5 Å². The Morgan fingerprint density at radius 3 is 2.08 bits per heavy atom. The van der Waals surface area contributed by atoms with Gasteiger partial charge in [0.1, 0.15) is 0 Å². The fourth-order valence-electron chi connectivity index (χ4n) is 5.76. The van der Waals surface area contributed by atoms with E-state index in [-0.39, 0.29) is 20.1 Å². The largest absolute Gasteiger partial charge is 0.305 e. The number of nitrogens with zero attached hydrogens (tertiary/aromatic N) is 2. The van der Waals surface area contributed by atoms with Gasteiger partial charge in [-0.1, -0.05) is 123 Å². The number of fused-ring (bicyclic) bond motifs is 3. The van der Waals surface area contributed by atoms with Crippen molar-refractivity contribution in [3.63, 3.8) is 0 Å². The summed E-state index contributed by atoms with van der Waals surface area (Å²) < 4.78 is 48.8. The molecule has 8 aromatic rings. The topological polar surface area (TPSA) is 25.8 Å². The average Bonchev–Trinajstić information content (AvgIpc) is 3.56. The summed E-state index contributed by atoms with van der Waals surface area (Å²) in [5, 5.41) is 3.61. The maximum atomic E-state index is 8.18. The van der Waals surface area contributed by atoms with E-state index in [2.05, 4.69) is 79.2 Å². The van der Waals surface area contributed by atoms with Gasteiger partial charge in [-0.25, -0.2) is 0 Å². The van der Waals surface area contributed by atoms with Crippen LogP contribution in [0.25, 0.3) is 64.9 Å². The van der Waals surface area contributed by atoms with E-state index in [0.29, 0.717) is 22.4 Å². The first-order chi connectivity index (χ1) is 26.2. The molecule has 0 aliphatic rings. The van der Waals surface area contributed by atoms with Crippen molar-refractivity contribution in [3.8, 4) is 44.8 Å². The summed E-state index contributed by atoms with van der Waals surface area (Å²) in [4.78, 5) is 9.18. The fourth-order valence-corrected chi connectivity index (χ4v) is 8.05. The summed E-state index contributed by atoms with van der Waals surface area (Å²) >= 11 is 1.69. The van der Waals surface area contributed by atoms with Gasteiger partial charge in [-0.15, -0.1) is 59.2 Å². The maximum Gasteiger partial charge on any atom is 0.0795 e. The van der Waals surface area contributed by atoms with Crippen molar-refractivity contribution < 1.29 is 28.3 Å². The van der Waals surface area contributed by atoms with Gasteiger partial charge in [-0.05, 0) is 61.8 Å². The molecule has 0 atom stereocenters. The second kappa shape index (κ2) is 15.2. The summed E-state index contributed by atoms with van der Waals surface area (Å²) in [5.74, 6) is 0. The minimum absolute atomic E-state index is 0. The molecule has 0 bridgehead atoms. The Morgan fingerprint density at radius 1 is 0.660 bits per heavy atom. The number of thiophene rings is 1. The van der Waals surface area contributed by atoms with Crippen LogP contribution in [-0.4, -0.2) is 18.0 Å². The predicted molar refractivity (Wildman–Crippen MR) is 213 cm³/mol. The van der Waals surface area contributed by atoms with Crippen molar-refractivity contribution in [1.29, 1.82) is 0 Å². The molecule has 5 aromatic carbocycles. The van der Waals surface area contributed by atoms with Gasteiger partial charge in [0.25, 0.3) is 0 Å². The van der Waals surface area contributed by atoms with Crippen molar-refractivity contribution in [3.05, 3.63) is 163 Å². The molecule has 0 saturated heterocycles. The predicted octanol–water partition coefficient (Wildman–Crippen LogP) is 12.0. The summed E-state index contributed by atoms with van der Waals surface area (Å²) in [6.45, 7) is 2.49. The van der Waals surface area contributed by atoms with Gasteiger partial charge >= 0.3 is 0 Å². The molecule has 3 heterocycles. The average molecular weight is 865 g/mol. The van der Waals surface area contributed by atoms with E-state index >= 15 is 0 Å². The number of pyridine rings is 2. The summed E-state index contributed by atoms with van der Waals surface area (Å²) in [5.41, 5.74) is 7.52. The first-order valence-electron chi connectivity index (χ1n) is 19.1. The van der Waals surface area contributed by atoms with E-state index in [9.17, 15) is 0 Å². The van der Waals surface area contributed by atoms with Crippen molar-refractivity contribution in [2.45, 2.75) is 33.3 Å². The zero-order valence-electron chi connectivity index (χ0n) is 33.9. The molecule has 5 heteroatoms. The van der Waals surface area contributed by atoms with Crippen LogP contribution in [0.3, 0.4) is 0 Å². The summed E-state index contributed by atoms with van der Waals surface area (Å²) in [6.07, 6.45) is 3.60. The standard InChI is InChI=1S/C30H20NS.C15H18NSi.Ir/c1-20-17-28(31-19-27(20)22-11-6-3-7-12-22)26-14-8-13-25-24-16-15-23(18-29(24)32-30(25)26)21-9-4-2-5-10-21;1-12-5-7-13(8-6-12)15-10-9-14(11-16-15)17(2,3)4;/h2-13,15-19H,1H3;5-7,9-11H,1-4H3;/q2*-1;/i2*1D3;. The number of hydrogen-bond acceptors (Lipinski definition) is 3. The van der Waals surface area contributed by atoms with Crippen LogP contribution >= 0.6 is 11.3 Å². The van der Waals surface area contributed by atoms with Crippen LogP contribution in [0.15, 0.2) is 140 Å². The van der Waals surface area contributed by atoms with Gasteiger partial charge in [-0.3, -0.25) is 0 Å². The molecule has 0 N–H and O–H groups in total. The van der Waals surface area contributed by atoms with Crippen molar-refractivity contribution in [2.24, 2.45) is 0 Å². The molecule has 0 aliphatic heterocycles. The zero-order valence-corrected chi connectivity index (χ0v) is 32.1.